The summed E-state index contributed by atoms with van der Waals surface area (Å²) < 4.78 is 7.39. The second-order valence-corrected chi connectivity index (χ2v) is 8.93. The number of carbonyl (C=O) groups is 1. The lowest BCUT2D eigenvalue weighted by Crippen LogP contribution is -2.14. The van der Waals surface area contributed by atoms with E-state index in [1.807, 2.05) is 60.0 Å². The number of anilines is 1. The van der Waals surface area contributed by atoms with Gasteiger partial charge >= 0.3 is 0 Å². The Hall–Kier alpha value is -3.00. The summed E-state index contributed by atoms with van der Waals surface area (Å²) in [4.78, 5) is 12.6. The molecule has 0 fully saturated rings. The Kier molecular flexibility index (Phi) is 7.23. The van der Waals surface area contributed by atoms with Crippen LogP contribution in [0.2, 0.25) is 10.0 Å². The van der Waals surface area contributed by atoms with E-state index >= 15 is 0 Å². The van der Waals surface area contributed by atoms with Crippen molar-refractivity contribution in [2.24, 2.45) is 0 Å². The molecule has 0 unspecified atom stereocenters. The first-order chi connectivity index (χ1) is 16.0. The molecule has 6 nitrogen and oxygen atoms in total. The molecular weight excluding hydrogens is 479 g/mol. The first-order valence-corrected chi connectivity index (χ1v) is 11.7. The van der Waals surface area contributed by atoms with Gasteiger partial charge in [0.2, 0.25) is 5.91 Å². The predicted octanol–water partition coefficient (Wildman–Crippen LogP) is 6.29. The molecule has 0 saturated carbocycles. The minimum Gasteiger partial charge on any atom is -0.495 e. The smallest absolute Gasteiger partial charge is 0.234 e. The van der Waals surface area contributed by atoms with Gasteiger partial charge in [0.15, 0.2) is 11.0 Å². The van der Waals surface area contributed by atoms with E-state index in [1.54, 1.807) is 25.3 Å². The summed E-state index contributed by atoms with van der Waals surface area (Å²) >= 11 is 13.8. The van der Waals surface area contributed by atoms with Crippen LogP contribution in [-0.4, -0.2) is 33.5 Å². The maximum atomic E-state index is 12.6. The van der Waals surface area contributed by atoms with E-state index in [0.29, 0.717) is 32.3 Å². The average molecular weight is 499 g/mol. The summed E-state index contributed by atoms with van der Waals surface area (Å²) in [5.41, 5.74) is 3.21. The van der Waals surface area contributed by atoms with Crippen molar-refractivity contribution in [3.8, 4) is 22.8 Å². The van der Waals surface area contributed by atoms with Gasteiger partial charge in [-0.15, -0.1) is 10.2 Å². The van der Waals surface area contributed by atoms with Gasteiger partial charge in [-0.05, 0) is 55.0 Å². The Morgan fingerprint density at radius 1 is 1.06 bits per heavy atom. The standard InChI is InChI=1S/C24H20Cl2N4O2S/c1-15-6-5-7-17(12-15)27-22(31)14-33-24-29-28-23(18-11-10-16(25)13-19(18)26)30(24)20-8-3-4-9-21(20)32-2/h3-13H,14H2,1-2H3,(H,27,31). The molecule has 0 saturated heterocycles. The van der Waals surface area contributed by atoms with Crippen molar-refractivity contribution >= 4 is 46.6 Å². The van der Waals surface area contributed by atoms with E-state index < -0.39 is 0 Å². The number of hydrogen-bond donors (Lipinski definition) is 1. The fourth-order valence-electron chi connectivity index (χ4n) is 3.29. The van der Waals surface area contributed by atoms with Crippen molar-refractivity contribution in [2.75, 3.05) is 18.2 Å². The van der Waals surface area contributed by atoms with E-state index in [9.17, 15) is 4.79 Å². The van der Waals surface area contributed by atoms with Crippen LogP contribution in [0.25, 0.3) is 17.1 Å². The normalized spacial score (nSPS) is 10.8. The number of carbonyl (C=O) groups excluding carboxylic acids is 1. The number of thioether (sulfide) groups is 1. The highest BCUT2D eigenvalue weighted by Gasteiger charge is 2.21. The molecule has 1 amide bonds. The van der Waals surface area contributed by atoms with Crippen LogP contribution in [0.4, 0.5) is 5.69 Å². The molecule has 168 valence electrons. The van der Waals surface area contributed by atoms with Gasteiger partial charge in [0.05, 0.1) is 23.6 Å². The predicted molar refractivity (Wildman–Crippen MR) is 134 cm³/mol. The quantitative estimate of drug-likeness (QED) is 0.303. The zero-order valence-electron chi connectivity index (χ0n) is 17.9. The minimum absolute atomic E-state index is 0.147. The fraction of sp³-hybridized carbons (Fsp3) is 0.125. The fourth-order valence-corrected chi connectivity index (χ4v) is 4.53. The van der Waals surface area contributed by atoms with E-state index in [1.165, 1.54) is 11.8 Å². The molecule has 1 heterocycles. The Bertz CT molecular complexity index is 1310. The lowest BCUT2D eigenvalue weighted by atomic mass is 10.2. The van der Waals surface area contributed by atoms with Crippen LogP contribution < -0.4 is 10.1 Å². The largest absolute Gasteiger partial charge is 0.495 e. The number of halogens is 2. The molecule has 4 aromatic rings. The van der Waals surface area contributed by atoms with Crippen LogP contribution in [0.3, 0.4) is 0 Å². The number of aromatic nitrogens is 3. The third-order valence-corrected chi connectivity index (χ3v) is 6.24. The SMILES string of the molecule is COc1ccccc1-n1c(SCC(=O)Nc2cccc(C)c2)nnc1-c1ccc(Cl)cc1Cl. The number of nitrogens with zero attached hydrogens (tertiary/aromatic N) is 3. The van der Waals surface area contributed by atoms with Crippen molar-refractivity contribution in [3.05, 3.63) is 82.3 Å². The molecule has 1 N–H and O–H groups in total. The van der Waals surface area contributed by atoms with E-state index in [2.05, 4.69) is 15.5 Å². The molecule has 0 radical (unpaired) electrons. The van der Waals surface area contributed by atoms with Crippen molar-refractivity contribution < 1.29 is 9.53 Å². The second kappa shape index (κ2) is 10.3. The molecule has 33 heavy (non-hydrogen) atoms. The third kappa shape index (κ3) is 5.33. The summed E-state index contributed by atoms with van der Waals surface area (Å²) in [6, 6.07) is 20.4. The summed E-state index contributed by atoms with van der Waals surface area (Å²) in [6.07, 6.45) is 0. The van der Waals surface area contributed by atoms with Crippen LogP contribution in [0.5, 0.6) is 5.75 Å². The van der Waals surface area contributed by atoms with Gasteiger partial charge in [0, 0.05) is 16.3 Å². The van der Waals surface area contributed by atoms with Crippen LogP contribution in [0, 0.1) is 6.92 Å². The third-order valence-electron chi connectivity index (χ3n) is 4.77. The number of benzene rings is 3. The van der Waals surface area contributed by atoms with Gasteiger partial charge < -0.3 is 10.1 Å². The highest BCUT2D eigenvalue weighted by molar-refractivity contribution is 7.99. The monoisotopic (exact) mass is 498 g/mol. The Morgan fingerprint density at radius 2 is 1.88 bits per heavy atom. The van der Waals surface area contributed by atoms with Crippen LogP contribution >= 0.6 is 35.0 Å². The number of ether oxygens (including phenoxy) is 1. The minimum atomic E-state index is -0.147. The molecule has 1 aromatic heterocycles. The second-order valence-electron chi connectivity index (χ2n) is 7.14. The van der Waals surface area contributed by atoms with Gasteiger partial charge in [0.1, 0.15) is 5.75 Å². The van der Waals surface area contributed by atoms with Crippen LogP contribution in [0.1, 0.15) is 5.56 Å². The highest BCUT2D eigenvalue weighted by atomic mass is 35.5. The van der Waals surface area contributed by atoms with Crippen molar-refractivity contribution in [3.63, 3.8) is 0 Å². The zero-order chi connectivity index (χ0) is 23.4. The van der Waals surface area contributed by atoms with E-state index in [-0.39, 0.29) is 11.7 Å². The Morgan fingerprint density at radius 3 is 2.64 bits per heavy atom. The zero-order valence-corrected chi connectivity index (χ0v) is 20.2. The lowest BCUT2D eigenvalue weighted by Gasteiger charge is -2.14. The van der Waals surface area contributed by atoms with Gasteiger partial charge in [-0.2, -0.15) is 0 Å². The van der Waals surface area contributed by atoms with Crippen molar-refractivity contribution in [1.29, 1.82) is 0 Å². The van der Waals surface area contributed by atoms with Crippen LogP contribution in [0.15, 0.2) is 71.9 Å². The summed E-state index contributed by atoms with van der Waals surface area (Å²) in [5, 5.41) is 13.1. The highest BCUT2D eigenvalue weighted by Crippen LogP contribution is 2.36. The molecule has 0 aliphatic carbocycles. The average Bonchev–Trinajstić information content (AvgIpc) is 3.21. The molecule has 0 atom stereocenters. The first kappa shape index (κ1) is 23.2. The van der Waals surface area contributed by atoms with E-state index in [0.717, 1.165) is 16.9 Å². The molecule has 0 bridgehead atoms. The van der Waals surface area contributed by atoms with Gasteiger partial charge in [-0.3, -0.25) is 9.36 Å². The first-order valence-electron chi connectivity index (χ1n) is 10.00. The number of hydrogen-bond acceptors (Lipinski definition) is 5. The molecule has 0 spiro atoms. The number of rotatable bonds is 7. The number of nitrogens with one attached hydrogen (secondary N) is 1. The maximum Gasteiger partial charge on any atom is 0.234 e. The van der Waals surface area contributed by atoms with Gasteiger partial charge in [-0.25, -0.2) is 0 Å². The van der Waals surface area contributed by atoms with Crippen molar-refractivity contribution in [2.45, 2.75) is 12.1 Å². The number of para-hydroxylation sites is 2. The topological polar surface area (TPSA) is 69.0 Å². The van der Waals surface area contributed by atoms with Gasteiger partial charge in [-0.1, -0.05) is 59.2 Å². The number of methoxy groups -OCH3 is 1. The molecule has 9 heteroatoms. The van der Waals surface area contributed by atoms with Crippen LogP contribution in [-0.2, 0) is 4.79 Å². The Balaban J connectivity index is 1.68. The Labute approximate surface area is 205 Å². The number of amides is 1. The summed E-state index contributed by atoms with van der Waals surface area (Å²) in [5.74, 6) is 1.15. The lowest BCUT2D eigenvalue weighted by molar-refractivity contribution is -0.113. The number of aryl methyl sites for hydroxylation is 1. The van der Waals surface area contributed by atoms with E-state index in [4.69, 9.17) is 27.9 Å². The summed E-state index contributed by atoms with van der Waals surface area (Å²) in [7, 11) is 1.60. The maximum absolute atomic E-state index is 12.6. The summed E-state index contributed by atoms with van der Waals surface area (Å²) in [6.45, 7) is 1.98. The molecule has 0 aliphatic rings. The molecule has 0 aliphatic heterocycles. The molecular formula is C24H20Cl2N4O2S. The van der Waals surface area contributed by atoms with Gasteiger partial charge in [0.25, 0.3) is 0 Å². The molecule has 3 aromatic carbocycles. The van der Waals surface area contributed by atoms with Crippen molar-refractivity contribution in [1.82, 2.24) is 14.8 Å². The molecule has 4 rings (SSSR count).